The van der Waals surface area contributed by atoms with Crippen LogP contribution in [0.2, 0.25) is 0 Å². The maximum Gasteiger partial charge on any atom is 0.261 e. The van der Waals surface area contributed by atoms with Crippen LogP contribution in [0.25, 0.3) is 16.7 Å². The van der Waals surface area contributed by atoms with Crippen LogP contribution < -0.4 is 5.56 Å². The molecule has 0 aliphatic carbocycles. The predicted octanol–water partition coefficient (Wildman–Crippen LogP) is 1.12. The number of aryl methyl sites for hydroxylation is 1. The van der Waals surface area contributed by atoms with E-state index in [1.807, 2.05) is 19.2 Å². The van der Waals surface area contributed by atoms with Crippen molar-refractivity contribution in [3.63, 3.8) is 0 Å². The number of nitrogens with zero attached hydrogens (tertiary/aromatic N) is 5. The molecule has 3 aromatic rings. The molecule has 110 valence electrons. The summed E-state index contributed by atoms with van der Waals surface area (Å²) in [5.41, 5.74) is 1.30. The fourth-order valence-electron chi connectivity index (χ4n) is 2.26. The van der Waals surface area contributed by atoms with Crippen LogP contribution in [0.4, 0.5) is 0 Å². The van der Waals surface area contributed by atoms with Crippen molar-refractivity contribution in [3.05, 3.63) is 28.3 Å². The molecule has 0 aromatic carbocycles. The lowest BCUT2D eigenvalue weighted by atomic mass is 10.2. The molecule has 0 amide bonds. The van der Waals surface area contributed by atoms with Gasteiger partial charge >= 0.3 is 0 Å². The molecule has 0 saturated carbocycles. The SMILES string of the molecule is COCCn1ccc2c(c(C)nc3nc(SC)nn32)c1=O. The van der Waals surface area contributed by atoms with Gasteiger partial charge in [0.05, 0.1) is 23.2 Å². The third kappa shape index (κ3) is 2.30. The molecule has 0 aliphatic rings. The second kappa shape index (κ2) is 5.45. The molecule has 0 bridgehead atoms. The molecule has 7 nitrogen and oxygen atoms in total. The second-order valence-electron chi connectivity index (χ2n) is 4.57. The van der Waals surface area contributed by atoms with Crippen LogP contribution >= 0.6 is 11.8 Å². The first-order valence-corrected chi connectivity index (χ1v) is 7.67. The van der Waals surface area contributed by atoms with Crippen molar-refractivity contribution in [2.45, 2.75) is 18.6 Å². The highest BCUT2D eigenvalue weighted by Gasteiger charge is 2.13. The van der Waals surface area contributed by atoms with E-state index in [2.05, 4.69) is 15.1 Å². The second-order valence-corrected chi connectivity index (χ2v) is 5.35. The Bertz CT molecular complexity index is 870. The molecule has 3 rings (SSSR count). The average molecular weight is 305 g/mol. The summed E-state index contributed by atoms with van der Waals surface area (Å²) in [6.07, 6.45) is 3.66. The lowest BCUT2D eigenvalue weighted by Gasteiger charge is -2.08. The third-order valence-corrected chi connectivity index (χ3v) is 3.83. The Balaban J connectivity index is 2.31. The summed E-state index contributed by atoms with van der Waals surface area (Å²) < 4.78 is 8.27. The van der Waals surface area contributed by atoms with Crippen LogP contribution in [-0.2, 0) is 11.3 Å². The van der Waals surface area contributed by atoms with Gasteiger partial charge in [0.15, 0.2) is 0 Å². The van der Waals surface area contributed by atoms with Crippen LogP contribution in [0.5, 0.6) is 0 Å². The molecule has 0 saturated heterocycles. The van der Waals surface area contributed by atoms with Crippen LogP contribution in [0.15, 0.2) is 22.2 Å². The van der Waals surface area contributed by atoms with Gasteiger partial charge in [0.1, 0.15) is 0 Å². The van der Waals surface area contributed by atoms with Gasteiger partial charge in [0.2, 0.25) is 5.16 Å². The van der Waals surface area contributed by atoms with Gasteiger partial charge in [0.25, 0.3) is 11.3 Å². The predicted molar refractivity (Wildman–Crippen MR) is 80.9 cm³/mol. The molecule has 0 aliphatic heterocycles. The number of rotatable bonds is 4. The Kier molecular flexibility index (Phi) is 3.64. The Morgan fingerprint density at radius 1 is 1.38 bits per heavy atom. The number of hydrogen-bond acceptors (Lipinski definition) is 6. The number of hydrogen-bond donors (Lipinski definition) is 0. The number of methoxy groups -OCH3 is 1. The van der Waals surface area contributed by atoms with Gasteiger partial charge in [0, 0.05) is 19.9 Å². The molecule has 3 heterocycles. The van der Waals surface area contributed by atoms with E-state index < -0.39 is 0 Å². The molecule has 21 heavy (non-hydrogen) atoms. The summed E-state index contributed by atoms with van der Waals surface area (Å²) >= 11 is 1.44. The summed E-state index contributed by atoms with van der Waals surface area (Å²) in [6, 6.07) is 1.87. The lowest BCUT2D eigenvalue weighted by Crippen LogP contribution is -2.23. The molecule has 0 unspecified atom stereocenters. The maximum atomic E-state index is 12.6. The molecule has 3 aromatic heterocycles. The first-order chi connectivity index (χ1) is 10.2. The van der Waals surface area contributed by atoms with E-state index >= 15 is 0 Å². The van der Waals surface area contributed by atoms with Gasteiger partial charge in [-0.1, -0.05) is 11.8 Å². The van der Waals surface area contributed by atoms with Crippen LogP contribution in [0.1, 0.15) is 5.69 Å². The van der Waals surface area contributed by atoms with Crippen molar-refractivity contribution >= 4 is 28.4 Å². The zero-order valence-electron chi connectivity index (χ0n) is 12.0. The summed E-state index contributed by atoms with van der Waals surface area (Å²) in [5, 5.41) is 5.57. The van der Waals surface area contributed by atoms with Gasteiger partial charge in [-0.25, -0.2) is 4.98 Å². The smallest absolute Gasteiger partial charge is 0.261 e. The molecule has 0 spiro atoms. The fourth-order valence-corrected chi connectivity index (χ4v) is 2.60. The first-order valence-electron chi connectivity index (χ1n) is 6.45. The van der Waals surface area contributed by atoms with Crippen LogP contribution in [-0.4, -0.2) is 44.1 Å². The highest BCUT2D eigenvalue weighted by molar-refractivity contribution is 7.98. The average Bonchev–Trinajstić information content (AvgIpc) is 2.89. The maximum absolute atomic E-state index is 12.6. The Hall–Kier alpha value is -1.93. The highest BCUT2D eigenvalue weighted by Crippen LogP contribution is 2.17. The lowest BCUT2D eigenvalue weighted by molar-refractivity contribution is 0.186. The van der Waals surface area contributed by atoms with Gasteiger partial charge < -0.3 is 9.30 Å². The van der Waals surface area contributed by atoms with Crippen molar-refractivity contribution in [1.29, 1.82) is 0 Å². The van der Waals surface area contributed by atoms with Gasteiger partial charge in [-0.05, 0) is 19.2 Å². The van der Waals surface area contributed by atoms with E-state index in [1.54, 1.807) is 22.4 Å². The van der Waals surface area contributed by atoms with E-state index in [-0.39, 0.29) is 5.56 Å². The molecule has 8 heteroatoms. The standard InChI is InChI=1S/C13H15N5O2S/c1-8-10-9(4-5-17(11(10)19)6-7-20-2)18-12(14-8)15-13(16-18)21-3/h4-5H,6-7H2,1-3H3. The quantitative estimate of drug-likeness (QED) is 0.672. The fraction of sp³-hybridized carbons (Fsp3) is 0.385. The van der Waals surface area contributed by atoms with Crippen molar-refractivity contribution in [2.75, 3.05) is 20.0 Å². The van der Waals surface area contributed by atoms with E-state index in [0.717, 1.165) is 5.52 Å². The van der Waals surface area contributed by atoms with Crippen molar-refractivity contribution in [1.82, 2.24) is 24.1 Å². The number of ether oxygens (including phenoxy) is 1. The minimum absolute atomic E-state index is 0.0855. The van der Waals surface area contributed by atoms with Gasteiger partial charge in [-0.3, -0.25) is 4.79 Å². The summed E-state index contributed by atoms with van der Waals surface area (Å²) in [6.45, 7) is 2.81. The monoisotopic (exact) mass is 305 g/mol. The number of aromatic nitrogens is 5. The van der Waals surface area contributed by atoms with Gasteiger partial charge in [-0.15, -0.1) is 5.10 Å². The Labute approximate surface area is 125 Å². The summed E-state index contributed by atoms with van der Waals surface area (Å²) in [5.74, 6) is 0.512. The summed E-state index contributed by atoms with van der Waals surface area (Å²) in [4.78, 5) is 21.3. The number of fused-ring (bicyclic) bond motifs is 3. The van der Waals surface area contributed by atoms with Crippen molar-refractivity contribution < 1.29 is 4.74 Å². The zero-order valence-corrected chi connectivity index (χ0v) is 12.8. The van der Waals surface area contributed by atoms with Crippen LogP contribution in [0, 0.1) is 6.92 Å². The van der Waals surface area contributed by atoms with Gasteiger partial charge in [-0.2, -0.15) is 9.50 Å². The van der Waals surface area contributed by atoms with Crippen molar-refractivity contribution in [3.8, 4) is 0 Å². The van der Waals surface area contributed by atoms with E-state index in [9.17, 15) is 4.79 Å². The van der Waals surface area contributed by atoms with Crippen LogP contribution in [0.3, 0.4) is 0 Å². The Morgan fingerprint density at radius 2 is 2.19 bits per heavy atom. The molecular weight excluding hydrogens is 290 g/mol. The topological polar surface area (TPSA) is 74.3 Å². The summed E-state index contributed by atoms with van der Waals surface area (Å²) in [7, 11) is 1.61. The van der Waals surface area contributed by atoms with E-state index in [1.165, 1.54) is 11.8 Å². The minimum atomic E-state index is -0.0855. The molecule has 0 atom stereocenters. The molecule has 0 fully saturated rings. The number of thioether (sulfide) groups is 1. The number of pyridine rings is 1. The largest absolute Gasteiger partial charge is 0.383 e. The first kappa shape index (κ1) is 14.0. The molecule has 0 radical (unpaired) electrons. The highest BCUT2D eigenvalue weighted by atomic mass is 32.2. The molecular formula is C13H15N5O2S. The van der Waals surface area contributed by atoms with E-state index in [0.29, 0.717) is 35.2 Å². The minimum Gasteiger partial charge on any atom is -0.383 e. The zero-order chi connectivity index (χ0) is 15.0. The Morgan fingerprint density at radius 3 is 2.90 bits per heavy atom. The normalized spacial score (nSPS) is 11.6. The third-order valence-electron chi connectivity index (χ3n) is 3.29. The van der Waals surface area contributed by atoms with E-state index in [4.69, 9.17) is 4.74 Å². The molecule has 0 N–H and O–H groups in total. The van der Waals surface area contributed by atoms with Crippen molar-refractivity contribution in [2.24, 2.45) is 0 Å².